The van der Waals surface area contributed by atoms with Crippen LogP contribution >= 0.6 is 0 Å². The summed E-state index contributed by atoms with van der Waals surface area (Å²) in [6.07, 6.45) is -4.77. The Morgan fingerprint density at radius 2 is 1.60 bits per heavy atom. The summed E-state index contributed by atoms with van der Waals surface area (Å²) in [7, 11) is 0. The first-order valence-electron chi connectivity index (χ1n) is 5.58. The fraction of sp³-hybridized carbons (Fsp3) is 0.143. The lowest BCUT2D eigenvalue weighted by molar-refractivity contribution is -0.274. The lowest BCUT2D eigenvalue weighted by Gasteiger charge is -2.12. The molecule has 0 aliphatic heterocycles. The van der Waals surface area contributed by atoms with Crippen molar-refractivity contribution >= 4 is 0 Å². The van der Waals surface area contributed by atoms with Gasteiger partial charge in [-0.25, -0.2) is 8.78 Å². The number of halogens is 5. The highest BCUT2D eigenvalue weighted by Crippen LogP contribution is 2.30. The van der Waals surface area contributed by atoms with Gasteiger partial charge in [0.25, 0.3) is 0 Å². The Labute approximate surface area is 111 Å². The van der Waals surface area contributed by atoms with Gasteiger partial charge in [-0.15, -0.1) is 13.2 Å². The van der Waals surface area contributed by atoms with E-state index >= 15 is 0 Å². The molecule has 0 unspecified atom stereocenters. The molecule has 0 amide bonds. The number of aryl methyl sites for hydroxylation is 1. The van der Waals surface area contributed by atoms with E-state index in [0.29, 0.717) is 16.7 Å². The third kappa shape index (κ3) is 3.26. The van der Waals surface area contributed by atoms with Gasteiger partial charge in [-0.1, -0.05) is 12.1 Å². The minimum absolute atomic E-state index is 0.360. The summed E-state index contributed by atoms with van der Waals surface area (Å²) in [6, 6.07) is 6.97. The molecule has 0 aromatic heterocycles. The second-order valence-corrected chi connectivity index (χ2v) is 4.15. The van der Waals surface area contributed by atoms with Crippen molar-refractivity contribution in [2.24, 2.45) is 0 Å². The highest BCUT2D eigenvalue weighted by molar-refractivity contribution is 5.68. The number of alkyl halides is 3. The Bertz CT molecular complexity index is 634. The fourth-order valence-electron chi connectivity index (χ4n) is 1.82. The van der Waals surface area contributed by atoms with Crippen LogP contribution in [0, 0.1) is 18.6 Å². The summed E-state index contributed by atoms with van der Waals surface area (Å²) in [5, 5.41) is 0. The van der Waals surface area contributed by atoms with Gasteiger partial charge in [0, 0.05) is 0 Å². The van der Waals surface area contributed by atoms with Crippen LogP contribution in [0.2, 0.25) is 0 Å². The first-order valence-corrected chi connectivity index (χ1v) is 5.58. The van der Waals surface area contributed by atoms with Gasteiger partial charge in [-0.2, -0.15) is 0 Å². The van der Waals surface area contributed by atoms with Crippen molar-refractivity contribution in [1.82, 2.24) is 0 Å². The molecular formula is C14H9F5O. The van der Waals surface area contributed by atoms with E-state index in [1.54, 1.807) is 6.92 Å². The SMILES string of the molecule is Cc1cc(OC(F)(F)F)ccc1-c1ccc(F)c(F)c1. The maximum absolute atomic E-state index is 13.1. The quantitative estimate of drug-likeness (QED) is 0.718. The lowest BCUT2D eigenvalue weighted by atomic mass is 10.0. The third-order valence-electron chi connectivity index (χ3n) is 2.66. The molecule has 0 saturated carbocycles. The Morgan fingerprint density at radius 3 is 2.15 bits per heavy atom. The summed E-state index contributed by atoms with van der Waals surface area (Å²) in [6.45, 7) is 1.56. The van der Waals surface area contributed by atoms with Crippen molar-refractivity contribution < 1.29 is 26.7 Å². The summed E-state index contributed by atoms with van der Waals surface area (Å²) in [5.74, 6) is -2.36. The zero-order valence-corrected chi connectivity index (χ0v) is 10.3. The van der Waals surface area contributed by atoms with Gasteiger partial charge in [-0.05, 0) is 47.9 Å². The van der Waals surface area contributed by atoms with E-state index in [4.69, 9.17) is 0 Å². The Morgan fingerprint density at radius 1 is 0.900 bits per heavy atom. The fourth-order valence-corrected chi connectivity index (χ4v) is 1.82. The molecule has 2 aromatic carbocycles. The monoisotopic (exact) mass is 288 g/mol. The third-order valence-corrected chi connectivity index (χ3v) is 2.66. The van der Waals surface area contributed by atoms with Gasteiger partial charge >= 0.3 is 6.36 Å². The molecule has 0 bridgehead atoms. The molecule has 0 fully saturated rings. The van der Waals surface area contributed by atoms with E-state index in [2.05, 4.69) is 4.74 Å². The molecule has 0 aliphatic rings. The minimum Gasteiger partial charge on any atom is -0.406 e. The van der Waals surface area contributed by atoms with Gasteiger partial charge in [0.1, 0.15) is 5.75 Å². The van der Waals surface area contributed by atoms with E-state index < -0.39 is 18.0 Å². The molecule has 0 spiro atoms. The molecule has 2 aromatic rings. The Hall–Kier alpha value is -2.11. The first-order chi connectivity index (χ1) is 9.26. The predicted octanol–water partition coefficient (Wildman–Crippen LogP) is 4.84. The average molecular weight is 288 g/mol. The van der Waals surface area contributed by atoms with Gasteiger partial charge in [0.2, 0.25) is 0 Å². The Balaban J connectivity index is 2.36. The van der Waals surface area contributed by atoms with Crippen molar-refractivity contribution in [3.8, 4) is 16.9 Å². The highest BCUT2D eigenvalue weighted by Gasteiger charge is 2.31. The first kappa shape index (κ1) is 14.3. The molecule has 0 aliphatic carbocycles. The summed E-state index contributed by atoms with van der Waals surface area (Å²) >= 11 is 0. The van der Waals surface area contributed by atoms with E-state index in [0.717, 1.165) is 18.2 Å². The summed E-state index contributed by atoms with van der Waals surface area (Å²) < 4.78 is 66.0. The van der Waals surface area contributed by atoms with Crippen LogP contribution in [0.15, 0.2) is 36.4 Å². The molecule has 6 heteroatoms. The molecule has 20 heavy (non-hydrogen) atoms. The zero-order valence-electron chi connectivity index (χ0n) is 10.3. The van der Waals surface area contributed by atoms with Crippen LogP contribution in [0.25, 0.3) is 11.1 Å². The van der Waals surface area contributed by atoms with Crippen molar-refractivity contribution in [2.45, 2.75) is 13.3 Å². The normalized spacial score (nSPS) is 11.5. The van der Waals surface area contributed by atoms with Gasteiger partial charge in [0.05, 0.1) is 0 Å². The number of rotatable bonds is 2. The van der Waals surface area contributed by atoms with E-state index in [9.17, 15) is 22.0 Å². The standard InChI is InChI=1S/C14H9F5O/c1-8-6-10(20-14(17,18)19)3-4-11(8)9-2-5-12(15)13(16)7-9/h2-7H,1H3. The highest BCUT2D eigenvalue weighted by atomic mass is 19.4. The summed E-state index contributed by atoms with van der Waals surface area (Å²) in [5.41, 5.74) is 1.33. The molecule has 0 radical (unpaired) electrons. The van der Waals surface area contributed by atoms with E-state index in [1.807, 2.05) is 0 Å². The number of ether oxygens (including phenoxy) is 1. The van der Waals surface area contributed by atoms with Crippen LogP contribution in [0.5, 0.6) is 5.75 Å². The molecule has 106 valence electrons. The molecule has 0 atom stereocenters. The van der Waals surface area contributed by atoms with Gasteiger partial charge in [-0.3, -0.25) is 0 Å². The second-order valence-electron chi connectivity index (χ2n) is 4.15. The second kappa shape index (κ2) is 5.11. The molecule has 0 saturated heterocycles. The average Bonchev–Trinajstić information content (AvgIpc) is 2.31. The Kier molecular flexibility index (Phi) is 3.65. The zero-order chi connectivity index (χ0) is 14.9. The number of hydrogen-bond donors (Lipinski definition) is 0. The van der Waals surface area contributed by atoms with Crippen molar-refractivity contribution in [3.05, 3.63) is 53.6 Å². The van der Waals surface area contributed by atoms with E-state index in [-0.39, 0.29) is 5.75 Å². The van der Waals surface area contributed by atoms with Gasteiger partial charge in [0.15, 0.2) is 11.6 Å². The van der Waals surface area contributed by atoms with Crippen LogP contribution in [-0.2, 0) is 0 Å². The maximum atomic E-state index is 13.1. The van der Waals surface area contributed by atoms with Crippen LogP contribution in [-0.4, -0.2) is 6.36 Å². The molecule has 0 heterocycles. The van der Waals surface area contributed by atoms with Crippen LogP contribution in [0.1, 0.15) is 5.56 Å². The summed E-state index contributed by atoms with van der Waals surface area (Å²) in [4.78, 5) is 0. The molecular weight excluding hydrogens is 279 g/mol. The topological polar surface area (TPSA) is 9.23 Å². The van der Waals surface area contributed by atoms with Gasteiger partial charge < -0.3 is 4.74 Å². The molecule has 0 N–H and O–H groups in total. The predicted molar refractivity (Wildman–Crippen MR) is 63.2 cm³/mol. The number of hydrogen-bond acceptors (Lipinski definition) is 1. The van der Waals surface area contributed by atoms with Crippen LogP contribution in [0.3, 0.4) is 0 Å². The van der Waals surface area contributed by atoms with Crippen molar-refractivity contribution in [1.29, 1.82) is 0 Å². The number of benzene rings is 2. The molecule has 1 nitrogen and oxygen atoms in total. The van der Waals surface area contributed by atoms with E-state index in [1.165, 1.54) is 18.2 Å². The molecule has 2 rings (SSSR count). The smallest absolute Gasteiger partial charge is 0.406 e. The lowest BCUT2D eigenvalue weighted by Crippen LogP contribution is -2.17. The van der Waals surface area contributed by atoms with Crippen LogP contribution < -0.4 is 4.74 Å². The maximum Gasteiger partial charge on any atom is 0.573 e. The largest absolute Gasteiger partial charge is 0.573 e. The van der Waals surface area contributed by atoms with Crippen LogP contribution in [0.4, 0.5) is 22.0 Å². The van der Waals surface area contributed by atoms with Crippen molar-refractivity contribution in [2.75, 3.05) is 0 Å². The minimum atomic E-state index is -4.77. The van der Waals surface area contributed by atoms with Crippen molar-refractivity contribution in [3.63, 3.8) is 0 Å².